The van der Waals surface area contributed by atoms with Crippen LogP contribution in [0.1, 0.15) is 0 Å². The molecule has 0 nitrogen and oxygen atoms in total. The lowest BCUT2D eigenvalue weighted by Gasteiger charge is -2.00. The minimum atomic E-state index is 1.13. The highest BCUT2D eigenvalue weighted by atomic mass is 79.9. The second-order valence-electron chi connectivity index (χ2n) is 2.22. The van der Waals surface area contributed by atoms with E-state index < -0.39 is 0 Å². The van der Waals surface area contributed by atoms with Gasteiger partial charge < -0.3 is 0 Å². The molecule has 0 spiro atoms. The summed E-state index contributed by atoms with van der Waals surface area (Å²) in [7, 11) is 0. The van der Waals surface area contributed by atoms with E-state index >= 15 is 0 Å². The van der Waals surface area contributed by atoms with Crippen LogP contribution >= 0.6 is 67.1 Å². The Morgan fingerprint density at radius 3 is 1.15 bits per heavy atom. The third-order valence-corrected chi connectivity index (χ3v) is 6.50. The second kappa shape index (κ2) is 14.0. The van der Waals surface area contributed by atoms with Gasteiger partial charge in [0.05, 0.1) is 0 Å². The zero-order valence-electron chi connectivity index (χ0n) is 7.64. The lowest BCUT2D eigenvalue weighted by molar-refractivity contribution is 1.46. The van der Waals surface area contributed by atoms with E-state index in [0.29, 0.717) is 0 Å². The molecule has 0 aliphatic heterocycles. The summed E-state index contributed by atoms with van der Waals surface area (Å²) in [5.41, 5.74) is 0. The van der Waals surface area contributed by atoms with Crippen LogP contribution in [0.15, 0.2) is 0 Å². The molecular weight excluding hydrogens is 352 g/mol. The topological polar surface area (TPSA) is 0 Å². The zero-order chi connectivity index (χ0) is 9.78. The molecule has 5 heteroatoms. The van der Waals surface area contributed by atoms with E-state index in [1.807, 2.05) is 23.5 Å². The molecule has 0 atom stereocenters. The Morgan fingerprint density at radius 2 is 0.846 bits per heavy atom. The Labute approximate surface area is 111 Å². The van der Waals surface area contributed by atoms with Crippen LogP contribution in [0.4, 0.5) is 0 Å². The summed E-state index contributed by atoms with van der Waals surface area (Å²) in [6.45, 7) is 0. The van der Waals surface area contributed by atoms with E-state index in [1.165, 1.54) is 34.5 Å². The number of rotatable bonds is 10. The van der Waals surface area contributed by atoms with Gasteiger partial charge in [-0.15, -0.1) is 0 Å². The lowest BCUT2D eigenvalue weighted by Crippen LogP contribution is -1.92. The SMILES string of the molecule is BrCCSCCSCCSCCBr. The standard InChI is InChI=1S/C8H16Br2S3/c9-1-3-11-5-7-13-8-6-12-4-2-10/h1-8H2. The molecule has 0 heterocycles. The Morgan fingerprint density at radius 1 is 0.538 bits per heavy atom. The first-order valence-electron chi connectivity index (χ1n) is 4.27. The predicted octanol–water partition coefficient (Wildman–Crippen LogP) is 3.98. The summed E-state index contributed by atoms with van der Waals surface area (Å²) in [6.07, 6.45) is 0. The maximum Gasteiger partial charge on any atom is 0.0122 e. The molecule has 0 rings (SSSR count). The molecule has 0 amide bonds. The van der Waals surface area contributed by atoms with Gasteiger partial charge in [-0.1, -0.05) is 31.9 Å². The highest BCUT2D eigenvalue weighted by Crippen LogP contribution is 2.10. The van der Waals surface area contributed by atoms with Crippen molar-refractivity contribution in [1.82, 2.24) is 0 Å². The number of thioether (sulfide) groups is 3. The van der Waals surface area contributed by atoms with Crippen LogP contribution in [0.2, 0.25) is 0 Å². The molecule has 0 N–H and O–H groups in total. The van der Waals surface area contributed by atoms with Crippen LogP contribution in [-0.4, -0.2) is 45.2 Å². The molecule has 13 heavy (non-hydrogen) atoms. The number of hydrogen-bond acceptors (Lipinski definition) is 3. The van der Waals surface area contributed by atoms with Crippen molar-refractivity contribution in [3.63, 3.8) is 0 Å². The third kappa shape index (κ3) is 14.0. The molecule has 0 saturated carbocycles. The Hall–Kier alpha value is 2.01. The van der Waals surface area contributed by atoms with E-state index in [-0.39, 0.29) is 0 Å². The van der Waals surface area contributed by atoms with Crippen molar-refractivity contribution in [2.45, 2.75) is 0 Å². The minimum absolute atomic E-state index is 1.13. The normalized spacial score (nSPS) is 10.6. The molecule has 0 aliphatic rings. The van der Waals surface area contributed by atoms with Crippen molar-refractivity contribution in [1.29, 1.82) is 0 Å². The molecule has 0 saturated heterocycles. The monoisotopic (exact) mass is 366 g/mol. The van der Waals surface area contributed by atoms with Crippen molar-refractivity contribution >= 4 is 67.1 Å². The average Bonchev–Trinajstić information content (AvgIpc) is 2.16. The minimum Gasteiger partial charge on any atom is -0.160 e. The lowest BCUT2D eigenvalue weighted by atomic mass is 10.9. The van der Waals surface area contributed by atoms with E-state index in [4.69, 9.17) is 0 Å². The molecule has 0 aliphatic carbocycles. The van der Waals surface area contributed by atoms with Gasteiger partial charge in [-0.25, -0.2) is 0 Å². The highest BCUT2D eigenvalue weighted by Gasteiger charge is 1.91. The van der Waals surface area contributed by atoms with Crippen molar-refractivity contribution in [2.24, 2.45) is 0 Å². The molecule has 0 fully saturated rings. The summed E-state index contributed by atoms with van der Waals surface area (Å²) in [5.74, 6) is 7.73. The van der Waals surface area contributed by atoms with Gasteiger partial charge in [-0.05, 0) is 0 Å². The van der Waals surface area contributed by atoms with Gasteiger partial charge in [-0.2, -0.15) is 35.3 Å². The maximum atomic E-state index is 3.43. The zero-order valence-corrected chi connectivity index (χ0v) is 13.3. The first-order chi connectivity index (χ1) is 6.41. The maximum absolute atomic E-state index is 3.43. The van der Waals surface area contributed by atoms with Crippen LogP contribution in [0.3, 0.4) is 0 Å². The molecule has 0 aromatic heterocycles. The van der Waals surface area contributed by atoms with Gasteiger partial charge in [-0.3, -0.25) is 0 Å². The van der Waals surface area contributed by atoms with Crippen LogP contribution in [-0.2, 0) is 0 Å². The third-order valence-electron chi connectivity index (χ3n) is 1.19. The van der Waals surface area contributed by atoms with E-state index in [9.17, 15) is 0 Å². The summed E-state index contributed by atoms with van der Waals surface area (Å²) >= 11 is 13.0. The first kappa shape index (κ1) is 15.0. The highest BCUT2D eigenvalue weighted by molar-refractivity contribution is 9.09. The summed E-state index contributed by atoms with van der Waals surface area (Å²) in [5, 5.41) is 2.26. The Bertz CT molecular complexity index is 83.5. The summed E-state index contributed by atoms with van der Waals surface area (Å²) < 4.78 is 0. The van der Waals surface area contributed by atoms with E-state index in [0.717, 1.165) is 10.7 Å². The van der Waals surface area contributed by atoms with Crippen molar-refractivity contribution < 1.29 is 0 Å². The Kier molecular flexibility index (Phi) is 16.2. The van der Waals surface area contributed by atoms with Gasteiger partial charge in [0, 0.05) is 45.2 Å². The van der Waals surface area contributed by atoms with Crippen molar-refractivity contribution in [3.8, 4) is 0 Å². The van der Waals surface area contributed by atoms with Crippen molar-refractivity contribution in [3.05, 3.63) is 0 Å². The van der Waals surface area contributed by atoms with Gasteiger partial charge in [0.1, 0.15) is 0 Å². The second-order valence-corrected chi connectivity index (χ2v) is 7.48. The molecule has 80 valence electrons. The average molecular weight is 368 g/mol. The van der Waals surface area contributed by atoms with Crippen LogP contribution in [0.5, 0.6) is 0 Å². The van der Waals surface area contributed by atoms with E-state index in [1.54, 1.807) is 0 Å². The largest absolute Gasteiger partial charge is 0.160 e. The van der Waals surface area contributed by atoms with E-state index in [2.05, 4.69) is 43.6 Å². The molecule has 0 unspecified atom stereocenters. The van der Waals surface area contributed by atoms with Gasteiger partial charge in [0.15, 0.2) is 0 Å². The molecular formula is C8H16Br2S3. The van der Waals surface area contributed by atoms with Crippen molar-refractivity contribution in [2.75, 3.05) is 45.2 Å². The fourth-order valence-electron chi connectivity index (χ4n) is 0.651. The summed E-state index contributed by atoms with van der Waals surface area (Å²) in [6, 6.07) is 0. The van der Waals surface area contributed by atoms with Crippen LogP contribution in [0.25, 0.3) is 0 Å². The fourth-order valence-corrected chi connectivity index (χ4v) is 4.74. The fraction of sp³-hybridized carbons (Fsp3) is 1.00. The predicted molar refractivity (Wildman–Crippen MR) is 79.6 cm³/mol. The van der Waals surface area contributed by atoms with Crippen LogP contribution < -0.4 is 0 Å². The smallest absolute Gasteiger partial charge is 0.0122 e. The first-order valence-corrected chi connectivity index (χ1v) is 9.97. The van der Waals surface area contributed by atoms with Gasteiger partial charge >= 0.3 is 0 Å². The Balaban J connectivity index is 2.76. The number of hydrogen-bond donors (Lipinski definition) is 0. The van der Waals surface area contributed by atoms with Gasteiger partial charge in [0.25, 0.3) is 0 Å². The summed E-state index contributed by atoms with van der Waals surface area (Å²) in [4.78, 5) is 0. The molecule has 0 aromatic carbocycles. The molecule has 0 aromatic rings. The van der Waals surface area contributed by atoms with Crippen LogP contribution in [0, 0.1) is 0 Å². The number of alkyl halides is 2. The quantitative estimate of drug-likeness (QED) is 0.423. The molecule has 0 radical (unpaired) electrons. The number of halogens is 2. The van der Waals surface area contributed by atoms with Gasteiger partial charge in [0.2, 0.25) is 0 Å². The molecule has 0 bridgehead atoms.